The second-order valence-corrected chi connectivity index (χ2v) is 13.1. The lowest BCUT2D eigenvalue weighted by Gasteiger charge is -2.56. The number of unbranched alkanes of at least 4 members (excludes halogenated alkanes) is 1. The molecule has 9 nitrogen and oxygen atoms in total. The number of aryl methyl sites for hydroxylation is 1. The number of alkyl carbamates (subject to hydrolysis) is 1. The summed E-state index contributed by atoms with van der Waals surface area (Å²) >= 11 is 1.56. The van der Waals surface area contributed by atoms with Crippen LogP contribution in [-0.2, 0) is 27.2 Å². The molecule has 0 spiro atoms. The summed E-state index contributed by atoms with van der Waals surface area (Å²) in [7, 11) is 0. The molecule has 38 heavy (non-hydrogen) atoms. The molecule has 1 aliphatic heterocycles. The summed E-state index contributed by atoms with van der Waals surface area (Å²) < 4.78 is 5.63. The minimum absolute atomic E-state index is 0.0320. The second kappa shape index (κ2) is 12.1. The van der Waals surface area contributed by atoms with E-state index in [2.05, 4.69) is 20.9 Å². The number of amides is 2. The SMILES string of the molecule is O=C(CCCCc1ccc(CC(NC(=O)OCC23CC4CC(CC(C4)C2)C3)C(=O)O)s1)NC1=NCCCN1. The van der Waals surface area contributed by atoms with Crippen LogP contribution in [0.15, 0.2) is 17.1 Å². The summed E-state index contributed by atoms with van der Waals surface area (Å²) in [4.78, 5) is 42.8. The van der Waals surface area contributed by atoms with Crippen molar-refractivity contribution in [1.29, 1.82) is 0 Å². The zero-order valence-corrected chi connectivity index (χ0v) is 22.8. The Kier molecular flexibility index (Phi) is 8.55. The van der Waals surface area contributed by atoms with Crippen molar-refractivity contribution in [3.63, 3.8) is 0 Å². The number of carbonyl (C=O) groups is 3. The third-order valence-corrected chi connectivity index (χ3v) is 9.79. The van der Waals surface area contributed by atoms with Crippen LogP contribution in [0.3, 0.4) is 0 Å². The van der Waals surface area contributed by atoms with Crippen LogP contribution in [0.1, 0.15) is 74.0 Å². The molecule has 1 aromatic rings. The van der Waals surface area contributed by atoms with Crippen molar-refractivity contribution in [1.82, 2.24) is 16.0 Å². The number of ether oxygens (including phenoxy) is 1. The largest absolute Gasteiger partial charge is 0.480 e. The number of guanidine groups is 1. The van der Waals surface area contributed by atoms with E-state index in [1.54, 1.807) is 11.3 Å². The molecular formula is C28H40N4O5S. The second-order valence-electron chi connectivity index (χ2n) is 11.9. The Morgan fingerprint density at radius 2 is 1.82 bits per heavy atom. The molecule has 4 aliphatic carbocycles. The van der Waals surface area contributed by atoms with E-state index in [4.69, 9.17) is 4.74 Å². The molecule has 2 heterocycles. The Hall–Kier alpha value is -2.62. The fourth-order valence-corrected chi connectivity index (χ4v) is 8.44. The zero-order valence-electron chi connectivity index (χ0n) is 22.0. The van der Waals surface area contributed by atoms with E-state index < -0.39 is 18.1 Å². The van der Waals surface area contributed by atoms with Crippen molar-refractivity contribution in [2.24, 2.45) is 28.2 Å². The molecule has 6 rings (SSSR count). The van der Waals surface area contributed by atoms with Gasteiger partial charge in [0.15, 0.2) is 5.96 Å². The van der Waals surface area contributed by atoms with Crippen molar-refractivity contribution < 1.29 is 24.2 Å². The van der Waals surface area contributed by atoms with Crippen LogP contribution < -0.4 is 16.0 Å². The Bertz CT molecular complexity index is 1020. The molecule has 4 fully saturated rings. The number of carboxylic acids is 1. The zero-order chi connectivity index (χ0) is 26.5. The first-order chi connectivity index (χ1) is 18.4. The quantitative estimate of drug-likeness (QED) is 0.313. The average Bonchev–Trinajstić information content (AvgIpc) is 3.32. The number of hydrogen-bond donors (Lipinski definition) is 4. The number of carboxylic acid groups (broad SMARTS) is 1. The molecule has 208 valence electrons. The van der Waals surface area contributed by atoms with Gasteiger partial charge in [0.05, 0.1) is 6.61 Å². The molecule has 10 heteroatoms. The molecular weight excluding hydrogens is 504 g/mol. The number of aliphatic imine (C=N–C) groups is 1. The highest BCUT2D eigenvalue weighted by Crippen LogP contribution is 2.60. The van der Waals surface area contributed by atoms with Gasteiger partial charge in [-0.1, -0.05) is 0 Å². The van der Waals surface area contributed by atoms with E-state index in [0.717, 1.165) is 85.5 Å². The lowest BCUT2D eigenvalue weighted by Crippen LogP contribution is -2.49. The van der Waals surface area contributed by atoms with Crippen molar-refractivity contribution in [2.45, 2.75) is 83.1 Å². The molecule has 1 aromatic heterocycles. The van der Waals surface area contributed by atoms with Crippen LogP contribution >= 0.6 is 11.3 Å². The number of nitrogens with zero attached hydrogens (tertiary/aromatic N) is 1. The number of nitrogens with one attached hydrogen (secondary N) is 3. The van der Waals surface area contributed by atoms with Crippen molar-refractivity contribution >= 4 is 35.3 Å². The third kappa shape index (κ3) is 7.07. The van der Waals surface area contributed by atoms with Crippen molar-refractivity contribution in [3.05, 3.63) is 21.9 Å². The number of rotatable bonds is 11. The summed E-state index contributed by atoms with van der Waals surface area (Å²) in [6.45, 7) is 1.98. The van der Waals surface area contributed by atoms with Gasteiger partial charge in [-0.2, -0.15) is 0 Å². The first-order valence-electron chi connectivity index (χ1n) is 14.2. The van der Waals surface area contributed by atoms with Crippen LogP contribution in [0.4, 0.5) is 4.79 Å². The monoisotopic (exact) mass is 544 g/mol. The topological polar surface area (TPSA) is 129 Å². The van der Waals surface area contributed by atoms with E-state index in [9.17, 15) is 19.5 Å². The van der Waals surface area contributed by atoms with E-state index in [-0.39, 0.29) is 17.7 Å². The maximum Gasteiger partial charge on any atom is 0.407 e. The van der Waals surface area contributed by atoms with Crippen LogP contribution in [0, 0.1) is 23.2 Å². The first kappa shape index (κ1) is 27.0. The van der Waals surface area contributed by atoms with Gasteiger partial charge in [0, 0.05) is 41.1 Å². The summed E-state index contributed by atoms with van der Waals surface area (Å²) in [5, 5.41) is 18.2. The Labute approximate surface area is 228 Å². The van der Waals surface area contributed by atoms with Gasteiger partial charge in [0.1, 0.15) is 6.04 Å². The van der Waals surface area contributed by atoms with Crippen molar-refractivity contribution in [3.8, 4) is 0 Å². The maximum atomic E-state index is 12.6. The van der Waals surface area contributed by atoms with E-state index in [0.29, 0.717) is 19.0 Å². The summed E-state index contributed by atoms with van der Waals surface area (Å²) in [5.41, 5.74) is 0.106. The van der Waals surface area contributed by atoms with Crippen LogP contribution in [-0.4, -0.2) is 54.8 Å². The fraction of sp³-hybridized carbons (Fsp3) is 0.714. The molecule has 1 atom stereocenters. The molecule has 4 N–H and O–H groups in total. The molecule has 1 unspecified atom stereocenters. The normalized spacial score (nSPS) is 28.2. The average molecular weight is 545 g/mol. The maximum absolute atomic E-state index is 12.6. The lowest BCUT2D eigenvalue weighted by molar-refractivity contribution is -0.139. The van der Waals surface area contributed by atoms with E-state index in [1.165, 1.54) is 19.3 Å². The minimum atomic E-state index is -1.06. The predicted molar refractivity (Wildman–Crippen MR) is 145 cm³/mol. The Morgan fingerprint density at radius 1 is 1.11 bits per heavy atom. The third-order valence-electron chi connectivity index (χ3n) is 8.62. The molecule has 0 saturated heterocycles. The smallest absolute Gasteiger partial charge is 0.407 e. The first-order valence-corrected chi connectivity index (χ1v) is 15.0. The Balaban J connectivity index is 1.02. The van der Waals surface area contributed by atoms with Gasteiger partial charge >= 0.3 is 12.1 Å². The number of hydrogen-bond acceptors (Lipinski definition) is 7. The molecule has 4 saturated carbocycles. The van der Waals surface area contributed by atoms with Crippen LogP contribution in [0.5, 0.6) is 0 Å². The molecule has 0 radical (unpaired) electrons. The predicted octanol–water partition coefficient (Wildman–Crippen LogP) is 3.86. The van der Waals surface area contributed by atoms with Gasteiger partial charge < -0.3 is 20.5 Å². The summed E-state index contributed by atoms with van der Waals surface area (Å²) in [5.74, 6) is 1.81. The van der Waals surface area contributed by atoms with Gasteiger partial charge in [0.25, 0.3) is 0 Å². The number of aliphatic carboxylic acids is 1. The minimum Gasteiger partial charge on any atom is -0.480 e. The number of carbonyl (C=O) groups excluding carboxylic acids is 2. The van der Waals surface area contributed by atoms with Crippen LogP contribution in [0.2, 0.25) is 0 Å². The fourth-order valence-electron chi connectivity index (χ4n) is 7.33. The molecule has 5 aliphatic rings. The Morgan fingerprint density at radius 3 is 2.47 bits per heavy atom. The molecule has 4 bridgehead atoms. The van der Waals surface area contributed by atoms with Crippen molar-refractivity contribution in [2.75, 3.05) is 19.7 Å². The van der Waals surface area contributed by atoms with Gasteiger partial charge in [-0.25, -0.2) is 9.59 Å². The highest BCUT2D eigenvalue weighted by molar-refractivity contribution is 7.12. The lowest BCUT2D eigenvalue weighted by atomic mass is 9.50. The summed E-state index contributed by atoms with van der Waals surface area (Å²) in [6, 6.07) is 2.91. The number of thiophene rings is 1. The van der Waals surface area contributed by atoms with Gasteiger partial charge in [-0.05, 0) is 94.1 Å². The standard InChI is InChI=1S/C28H40N4O5S/c33-24(32-26-29-8-3-9-30-26)5-2-1-4-21-6-7-22(38-21)13-23(25(34)35)31-27(36)37-17-28-14-18-10-19(15-28)12-20(11-18)16-28/h6-7,18-20,23H,1-5,8-17H2,(H,31,36)(H,34,35)(H2,29,30,32,33). The van der Waals surface area contributed by atoms with Gasteiger partial charge in [-0.3, -0.25) is 15.1 Å². The molecule has 0 aromatic carbocycles. The summed E-state index contributed by atoms with van der Waals surface area (Å²) in [6.07, 6.45) is 10.9. The van der Waals surface area contributed by atoms with Gasteiger partial charge in [-0.15, -0.1) is 11.3 Å². The van der Waals surface area contributed by atoms with Crippen LogP contribution in [0.25, 0.3) is 0 Å². The van der Waals surface area contributed by atoms with E-state index >= 15 is 0 Å². The highest BCUT2D eigenvalue weighted by Gasteiger charge is 2.51. The molecule has 2 amide bonds. The van der Waals surface area contributed by atoms with Gasteiger partial charge in [0.2, 0.25) is 5.91 Å². The van der Waals surface area contributed by atoms with E-state index in [1.807, 2.05) is 12.1 Å². The highest BCUT2D eigenvalue weighted by atomic mass is 32.1.